The zero-order valence-corrected chi connectivity index (χ0v) is 18.0. The summed E-state index contributed by atoms with van der Waals surface area (Å²) in [5.74, 6) is 0.567. The summed E-state index contributed by atoms with van der Waals surface area (Å²) in [5, 5.41) is 0.581. The molecule has 1 aliphatic heterocycles. The average Bonchev–Trinajstić information content (AvgIpc) is 2.97. The molecule has 0 amide bonds. The molecule has 7 heteroatoms. The summed E-state index contributed by atoms with van der Waals surface area (Å²) in [7, 11) is 1.68. The highest BCUT2D eigenvalue weighted by Crippen LogP contribution is 2.26. The summed E-state index contributed by atoms with van der Waals surface area (Å²) in [6.07, 6.45) is 2.38. The van der Waals surface area contributed by atoms with Gasteiger partial charge >= 0.3 is 0 Å². The number of allylic oxidation sites excluding steroid dienone is 1. The summed E-state index contributed by atoms with van der Waals surface area (Å²) >= 11 is 4.75. The molecule has 1 heterocycles. The van der Waals surface area contributed by atoms with Crippen LogP contribution >= 0.6 is 11.6 Å². The molecule has 0 aliphatic carbocycles. The SMILES string of the molecule is C=C(C)[S@+]([O-])/N=C(\CCCCOC)c1cc(Cl)ccc1C1=NC(C)(C)CO1. The lowest BCUT2D eigenvalue weighted by molar-refractivity contribution is 0.193. The number of hydrogen-bond donors (Lipinski definition) is 0. The molecule has 1 aliphatic rings. The van der Waals surface area contributed by atoms with Crippen LogP contribution in [0.25, 0.3) is 0 Å². The van der Waals surface area contributed by atoms with E-state index in [1.54, 1.807) is 20.1 Å². The van der Waals surface area contributed by atoms with E-state index >= 15 is 0 Å². The maximum absolute atomic E-state index is 12.3. The fraction of sp³-hybridized carbons (Fsp3) is 0.500. The van der Waals surface area contributed by atoms with E-state index < -0.39 is 11.4 Å². The van der Waals surface area contributed by atoms with Gasteiger partial charge in [-0.1, -0.05) is 16.0 Å². The van der Waals surface area contributed by atoms with Gasteiger partial charge in [-0.15, -0.1) is 0 Å². The molecule has 0 saturated carbocycles. The number of hydrogen-bond acceptors (Lipinski definition) is 5. The molecule has 2 rings (SSSR count). The lowest BCUT2D eigenvalue weighted by Crippen LogP contribution is -2.17. The lowest BCUT2D eigenvalue weighted by Gasteiger charge is -2.13. The minimum absolute atomic E-state index is 0.275. The maximum Gasteiger partial charge on any atom is 0.217 e. The van der Waals surface area contributed by atoms with Crippen molar-refractivity contribution >= 4 is 34.6 Å². The number of halogens is 1. The van der Waals surface area contributed by atoms with E-state index in [0.29, 0.717) is 41.2 Å². The number of benzene rings is 1. The first-order valence-electron chi connectivity index (χ1n) is 8.90. The summed E-state index contributed by atoms with van der Waals surface area (Å²) in [4.78, 5) is 5.17. The quantitative estimate of drug-likeness (QED) is 0.336. The van der Waals surface area contributed by atoms with Gasteiger partial charge in [0.25, 0.3) is 0 Å². The maximum atomic E-state index is 12.3. The summed E-state index contributed by atoms with van der Waals surface area (Å²) < 4.78 is 27.7. The van der Waals surface area contributed by atoms with E-state index in [1.807, 2.05) is 26.0 Å². The van der Waals surface area contributed by atoms with E-state index in [4.69, 9.17) is 21.1 Å². The normalized spacial score (nSPS) is 17.4. The number of rotatable bonds is 9. The number of nitrogens with zero attached hydrogens (tertiary/aromatic N) is 2. The molecule has 1 atom stereocenters. The van der Waals surface area contributed by atoms with E-state index in [2.05, 4.69) is 16.0 Å². The van der Waals surface area contributed by atoms with Crippen molar-refractivity contribution in [1.82, 2.24) is 0 Å². The van der Waals surface area contributed by atoms with Gasteiger partial charge in [0, 0.05) is 36.8 Å². The first-order valence-corrected chi connectivity index (χ1v) is 10.4. The van der Waals surface area contributed by atoms with Gasteiger partial charge in [0.15, 0.2) is 0 Å². The van der Waals surface area contributed by atoms with E-state index in [0.717, 1.165) is 24.0 Å². The van der Waals surface area contributed by atoms with Crippen LogP contribution in [0.5, 0.6) is 0 Å². The Kier molecular flexibility index (Phi) is 7.91. The summed E-state index contributed by atoms with van der Waals surface area (Å²) in [6.45, 7) is 10.7. The summed E-state index contributed by atoms with van der Waals surface area (Å²) in [5.41, 5.74) is 2.05. The second-order valence-corrected chi connectivity index (χ2v) is 8.96. The zero-order chi connectivity index (χ0) is 20.0. The molecule has 0 fully saturated rings. The molecule has 1 aromatic rings. The average molecular weight is 411 g/mol. The molecule has 0 N–H and O–H groups in total. The second kappa shape index (κ2) is 9.73. The third kappa shape index (κ3) is 6.35. The van der Waals surface area contributed by atoms with Gasteiger partial charge in [-0.3, -0.25) is 0 Å². The number of ether oxygens (including phenoxy) is 2. The van der Waals surface area contributed by atoms with E-state index in [1.165, 1.54) is 0 Å². The fourth-order valence-corrected chi connectivity index (χ4v) is 3.33. The Labute approximate surface area is 169 Å². The molecule has 0 saturated heterocycles. The number of methoxy groups -OCH3 is 1. The van der Waals surface area contributed by atoms with Crippen molar-refractivity contribution in [2.45, 2.75) is 45.6 Å². The Balaban J connectivity index is 2.44. The molecule has 0 unspecified atom stereocenters. The van der Waals surface area contributed by atoms with Crippen molar-refractivity contribution in [3.8, 4) is 0 Å². The minimum Gasteiger partial charge on any atom is -0.586 e. The largest absolute Gasteiger partial charge is 0.586 e. The second-order valence-electron chi connectivity index (χ2n) is 7.15. The van der Waals surface area contributed by atoms with E-state index in [9.17, 15) is 4.55 Å². The molecule has 1 aromatic carbocycles. The van der Waals surface area contributed by atoms with E-state index in [-0.39, 0.29) is 5.54 Å². The van der Waals surface area contributed by atoms with Crippen LogP contribution in [0.15, 0.2) is 39.1 Å². The van der Waals surface area contributed by atoms with Gasteiger partial charge < -0.3 is 14.0 Å². The van der Waals surface area contributed by atoms with Crippen molar-refractivity contribution in [2.75, 3.05) is 20.3 Å². The zero-order valence-electron chi connectivity index (χ0n) is 16.4. The molecule has 0 aromatic heterocycles. The number of unbranched alkanes of at least 4 members (excludes halogenated alkanes) is 1. The van der Waals surface area contributed by atoms with Crippen LogP contribution in [0.4, 0.5) is 0 Å². The molecule has 148 valence electrons. The number of aliphatic imine (C=N–C) groups is 1. The van der Waals surface area contributed by atoms with Gasteiger partial charge in [0.1, 0.15) is 22.9 Å². The highest BCUT2D eigenvalue weighted by molar-refractivity contribution is 7.94. The van der Waals surface area contributed by atoms with Gasteiger partial charge in [0.2, 0.25) is 5.90 Å². The van der Waals surface area contributed by atoms with Crippen LogP contribution in [0.2, 0.25) is 5.02 Å². The third-order valence-corrected chi connectivity index (χ3v) is 5.21. The van der Waals surface area contributed by atoms with Crippen LogP contribution in [-0.4, -0.2) is 42.0 Å². The van der Waals surface area contributed by atoms with Crippen LogP contribution in [0.3, 0.4) is 0 Å². The highest BCUT2D eigenvalue weighted by atomic mass is 35.5. The van der Waals surface area contributed by atoms with Crippen LogP contribution in [-0.2, 0) is 20.8 Å². The Morgan fingerprint density at radius 2 is 2.19 bits per heavy atom. The predicted octanol–water partition coefficient (Wildman–Crippen LogP) is 4.70. The van der Waals surface area contributed by atoms with Crippen molar-refractivity contribution in [3.63, 3.8) is 0 Å². The third-order valence-electron chi connectivity index (χ3n) is 3.99. The first-order chi connectivity index (χ1) is 12.7. The fourth-order valence-electron chi connectivity index (χ4n) is 2.61. The van der Waals surface area contributed by atoms with Crippen molar-refractivity contribution in [1.29, 1.82) is 0 Å². The smallest absolute Gasteiger partial charge is 0.217 e. The van der Waals surface area contributed by atoms with Crippen LogP contribution in [0, 0.1) is 0 Å². The van der Waals surface area contributed by atoms with Gasteiger partial charge in [-0.05, 0) is 57.9 Å². The Bertz CT molecular complexity index is 747. The van der Waals surface area contributed by atoms with Crippen molar-refractivity contribution in [2.24, 2.45) is 9.39 Å². The predicted molar refractivity (Wildman–Crippen MR) is 113 cm³/mol. The molecule has 27 heavy (non-hydrogen) atoms. The van der Waals surface area contributed by atoms with Crippen LogP contribution < -0.4 is 0 Å². The first kappa shape index (κ1) is 22.0. The minimum atomic E-state index is -1.50. The molecule has 0 spiro atoms. The summed E-state index contributed by atoms with van der Waals surface area (Å²) in [6, 6.07) is 5.51. The topological polar surface area (TPSA) is 66.2 Å². The molecular formula is C20H27ClN2O3S. The van der Waals surface area contributed by atoms with Gasteiger partial charge in [0.05, 0.1) is 11.3 Å². The standard InChI is InChI=1S/C20H27ClN2O3S/c1-14(2)27(24)23-18(8-6-7-11-25-5)17-12-15(21)9-10-16(17)19-22-20(3,4)13-26-19/h9-10,12H,1,6-8,11,13H2,2-5H3/b23-18+/t27-/m0/s1. The van der Waals surface area contributed by atoms with Crippen molar-refractivity contribution < 1.29 is 14.0 Å². The lowest BCUT2D eigenvalue weighted by atomic mass is 9.99. The molecule has 0 bridgehead atoms. The van der Waals surface area contributed by atoms with Gasteiger partial charge in [-0.25, -0.2) is 4.99 Å². The molecule has 5 nitrogen and oxygen atoms in total. The Morgan fingerprint density at radius 1 is 1.44 bits per heavy atom. The van der Waals surface area contributed by atoms with Gasteiger partial charge in [-0.2, -0.15) is 0 Å². The highest BCUT2D eigenvalue weighted by Gasteiger charge is 2.29. The monoisotopic (exact) mass is 410 g/mol. The Morgan fingerprint density at radius 3 is 2.78 bits per heavy atom. The Hall–Kier alpha value is -1.34. The van der Waals surface area contributed by atoms with Crippen molar-refractivity contribution in [3.05, 3.63) is 45.8 Å². The molecule has 0 radical (unpaired) electrons. The van der Waals surface area contributed by atoms with Crippen LogP contribution in [0.1, 0.15) is 51.2 Å². The molecular weight excluding hydrogens is 384 g/mol.